The van der Waals surface area contributed by atoms with Crippen LogP contribution >= 0.6 is 0 Å². The molecule has 0 unspecified atom stereocenters. The minimum Gasteiger partial charge on any atom is -0.357 e. The molecule has 1 aliphatic carbocycles. The van der Waals surface area contributed by atoms with Crippen molar-refractivity contribution < 1.29 is 9.59 Å². The fraction of sp³-hybridized carbons (Fsp3) is 0.833. The number of guanidine groups is 1. The van der Waals surface area contributed by atoms with Gasteiger partial charge in [-0.05, 0) is 33.6 Å². The third kappa shape index (κ3) is 6.92. The van der Waals surface area contributed by atoms with Crippen molar-refractivity contribution in [1.29, 1.82) is 0 Å². The summed E-state index contributed by atoms with van der Waals surface area (Å²) < 4.78 is 0. The van der Waals surface area contributed by atoms with Crippen molar-refractivity contribution >= 4 is 17.8 Å². The molecule has 2 amide bonds. The smallest absolute Gasteiger partial charge is 0.230 e. The summed E-state index contributed by atoms with van der Waals surface area (Å²) in [6, 6.07) is 0.147. The Morgan fingerprint density at radius 3 is 2.32 bits per heavy atom. The fourth-order valence-electron chi connectivity index (χ4n) is 3.23. The molecule has 0 bridgehead atoms. The summed E-state index contributed by atoms with van der Waals surface area (Å²) in [4.78, 5) is 30.6. The van der Waals surface area contributed by atoms with Crippen LogP contribution in [0.4, 0.5) is 0 Å². The Morgan fingerprint density at radius 1 is 1.16 bits per heavy atom. The first kappa shape index (κ1) is 21.3. The fourth-order valence-corrected chi connectivity index (χ4v) is 3.23. The van der Waals surface area contributed by atoms with Crippen molar-refractivity contribution in [2.75, 3.05) is 33.7 Å². The van der Waals surface area contributed by atoms with Gasteiger partial charge in [-0.25, -0.2) is 0 Å². The molecule has 0 aliphatic heterocycles. The van der Waals surface area contributed by atoms with E-state index in [4.69, 9.17) is 0 Å². The average Bonchev–Trinajstić information content (AvgIpc) is 3.01. The van der Waals surface area contributed by atoms with E-state index in [1.165, 1.54) is 0 Å². The van der Waals surface area contributed by atoms with Gasteiger partial charge in [-0.1, -0.05) is 12.8 Å². The molecule has 1 rings (SSSR count). The molecule has 144 valence electrons. The number of nitrogens with zero attached hydrogens (tertiary/aromatic N) is 2. The molecule has 1 aliphatic rings. The number of rotatable bonds is 8. The van der Waals surface area contributed by atoms with Crippen LogP contribution in [0, 0.1) is 5.41 Å². The molecule has 7 nitrogen and oxygen atoms in total. The zero-order chi connectivity index (χ0) is 18.9. The van der Waals surface area contributed by atoms with E-state index < -0.39 is 0 Å². The highest BCUT2D eigenvalue weighted by atomic mass is 16.2. The summed E-state index contributed by atoms with van der Waals surface area (Å²) in [5.41, 5.74) is -0.374. The normalized spacial score (nSPS) is 16.6. The zero-order valence-corrected chi connectivity index (χ0v) is 16.4. The van der Waals surface area contributed by atoms with Gasteiger partial charge < -0.3 is 20.9 Å². The molecule has 0 radical (unpaired) electrons. The molecule has 7 heteroatoms. The van der Waals surface area contributed by atoms with E-state index in [1.807, 2.05) is 34.9 Å². The molecule has 0 heterocycles. The van der Waals surface area contributed by atoms with Crippen LogP contribution < -0.4 is 16.0 Å². The van der Waals surface area contributed by atoms with Gasteiger partial charge in [0.05, 0.1) is 12.0 Å². The van der Waals surface area contributed by atoms with E-state index >= 15 is 0 Å². The lowest BCUT2D eigenvalue weighted by molar-refractivity contribution is -0.138. The van der Waals surface area contributed by atoms with Crippen LogP contribution in [-0.2, 0) is 9.59 Å². The van der Waals surface area contributed by atoms with E-state index in [1.54, 1.807) is 4.90 Å². The molecule has 1 saturated carbocycles. The lowest BCUT2D eigenvalue weighted by Crippen LogP contribution is -2.43. The Hall–Kier alpha value is -1.79. The Morgan fingerprint density at radius 2 is 1.80 bits per heavy atom. The van der Waals surface area contributed by atoms with Crippen molar-refractivity contribution in [2.24, 2.45) is 10.4 Å². The third-order valence-electron chi connectivity index (χ3n) is 4.40. The quantitative estimate of drug-likeness (QED) is 0.451. The second-order valence-electron chi connectivity index (χ2n) is 7.28. The second-order valence-corrected chi connectivity index (χ2v) is 7.28. The van der Waals surface area contributed by atoms with Crippen molar-refractivity contribution in [3.8, 4) is 0 Å². The van der Waals surface area contributed by atoms with Crippen LogP contribution in [0.3, 0.4) is 0 Å². The lowest BCUT2D eigenvalue weighted by Gasteiger charge is -2.29. The van der Waals surface area contributed by atoms with Gasteiger partial charge >= 0.3 is 0 Å². The molecule has 0 aromatic carbocycles. The predicted octanol–water partition coefficient (Wildman–Crippen LogP) is 1.10. The number of aliphatic imine (C=N–C) groups is 1. The van der Waals surface area contributed by atoms with Gasteiger partial charge in [0.1, 0.15) is 0 Å². The van der Waals surface area contributed by atoms with Crippen LogP contribution in [0.5, 0.6) is 0 Å². The molecule has 0 aromatic heterocycles. The number of hydrogen-bond donors (Lipinski definition) is 3. The van der Waals surface area contributed by atoms with E-state index in [0.29, 0.717) is 25.5 Å². The van der Waals surface area contributed by atoms with Gasteiger partial charge in [-0.15, -0.1) is 0 Å². The molecule has 25 heavy (non-hydrogen) atoms. The van der Waals surface area contributed by atoms with Crippen LogP contribution in [-0.4, -0.2) is 62.4 Å². The van der Waals surface area contributed by atoms with Crippen molar-refractivity contribution in [1.82, 2.24) is 20.9 Å². The van der Waals surface area contributed by atoms with Gasteiger partial charge in [0, 0.05) is 39.6 Å². The molecule has 1 fully saturated rings. The van der Waals surface area contributed by atoms with E-state index in [2.05, 4.69) is 20.9 Å². The Labute approximate surface area is 152 Å². The summed E-state index contributed by atoms with van der Waals surface area (Å²) in [5.74, 6) is 0.854. The van der Waals surface area contributed by atoms with Crippen LogP contribution in [0.15, 0.2) is 4.99 Å². The summed E-state index contributed by atoms with van der Waals surface area (Å²) in [6.07, 6.45) is 4.33. The predicted molar refractivity (Wildman–Crippen MR) is 101 cm³/mol. The molecule has 0 atom stereocenters. The Balaban J connectivity index is 2.64. The lowest BCUT2D eigenvalue weighted by atomic mass is 9.85. The first-order valence-electron chi connectivity index (χ1n) is 9.34. The molecular weight excluding hydrogens is 318 g/mol. The third-order valence-corrected chi connectivity index (χ3v) is 4.40. The summed E-state index contributed by atoms with van der Waals surface area (Å²) in [6.45, 7) is 7.62. The summed E-state index contributed by atoms with van der Waals surface area (Å²) in [7, 11) is 3.62. The number of carbonyl (C=O) groups is 2. The van der Waals surface area contributed by atoms with E-state index in [0.717, 1.165) is 32.2 Å². The van der Waals surface area contributed by atoms with Crippen LogP contribution in [0.1, 0.15) is 52.9 Å². The summed E-state index contributed by atoms with van der Waals surface area (Å²) >= 11 is 0. The standard InChI is InChI=1S/C18H35N5O2/c1-6-19-17(20-12-9-15(24)22-14(2)3)21-13-18(10-7-8-11-18)16(25)23(4)5/h14H,6-13H2,1-5H3,(H,22,24)(H2,19,20,21). The van der Waals surface area contributed by atoms with E-state index in [9.17, 15) is 9.59 Å². The Kier molecular flexibility index (Phi) is 8.72. The minimum absolute atomic E-state index is 0.0217. The highest BCUT2D eigenvalue weighted by molar-refractivity contribution is 5.84. The highest BCUT2D eigenvalue weighted by Crippen LogP contribution is 2.39. The first-order chi connectivity index (χ1) is 11.8. The maximum absolute atomic E-state index is 12.6. The zero-order valence-electron chi connectivity index (χ0n) is 16.4. The topological polar surface area (TPSA) is 85.8 Å². The number of nitrogens with one attached hydrogen (secondary N) is 3. The molecule has 0 aromatic rings. The number of carbonyl (C=O) groups excluding carboxylic acids is 2. The maximum Gasteiger partial charge on any atom is 0.230 e. The van der Waals surface area contributed by atoms with Crippen molar-refractivity contribution in [3.05, 3.63) is 0 Å². The monoisotopic (exact) mass is 353 g/mol. The molecule has 0 spiro atoms. The highest BCUT2D eigenvalue weighted by Gasteiger charge is 2.42. The SMILES string of the molecule is CCNC(=NCC1(C(=O)N(C)C)CCCC1)NCCC(=O)NC(C)C. The van der Waals surface area contributed by atoms with Gasteiger partial charge in [-0.2, -0.15) is 0 Å². The van der Waals surface area contributed by atoms with Gasteiger partial charge in [0.2, 0.25) is 11.8 Å². The number of hydrogen-bond acceptors (Lipinski definition) is 3. The maximum atomic E-state index is 12.6. The first-order valence-corrected chi connectivity index (χ1v) is 9.34. The van der Waals surface area contributed by atoms with Gasteiger partial charge in [-0.3, -0.25) is 14.6 Å². The molecular formula is C18H35N5O2. The Bertz CT molecular complexity index is 468. The molecule has 3 N–H and O–H groups in total. The largest absolute Gasteiger partial charge is 0.357 e. The molecule has 0 saturated heterocycles. The minimum atomic E-state index is -0.374. The van der Waals surface area contributed by atoms with E-state index in [-0.39, 0.29) is 23.3 Å². The van der Waals surface area contributed by atoms with Gasteiger partial charge in [0.25, 0.3) is 0 Å². The summed E-state index contributed by atoms with van der Waals surface area (Å²) in [5, 5.41) is 9.25. The van der Waals surface area contributed by atoms with Crippen LogP contribution in [0.2, 0.25) is 0 Å². The average molecular weight is 354 g/mol. The van der Waals surface area contributed by atoms with Crippen molar-refractivity contribution in [2.45, 2.75) is 58.9 Å². The number of amides is 2. The van der Waals surface area contributed by atoms with Crippen LogP contribution in [0.25, 0.3) is 0 Å². The van der Waals surface area contributed by atoms with Gasteiger partial charge in [0.15, 0.2) is 5.96 Å². The second kappa shape index (κ2) is 10.3. The van der Waals surface area contributed by atoms with Crippen molar-refractivity contribution in [3.63, 3.8) is 0 Å².